The van der Waals surface area contributed by atoms with Crippen LogP contribution in [0.25, 0.3) is 0 Å². The Bertz CT molecular complexity index is 338. The van der Waals surface area contributed by atoms with Crippen LogP contribution in [0.2, 0.25) is 0 Å². The first-order valence-corrected chi connectivity index (χ1v) is 6.20. The van der Waals surface area contributed by atoms with Crippen LogP contribution in [0.1, 0.15) is 38.1 Å². The second-order valence-corrected chi connectivity index (χ2v) is 5.10. The van der Waals surface area contributed by atoms with E-state index in [1.54, 1.807) is 24.5 Å². The van der Waals surface area contributed by atoms with Crippen molar-refractivity contribution in [3.8, 4) is 0 Å². The number of hydrogen-bond donors (Lipinski definition) is 1. The summed E-state index contributed by atoms with van der Waals surface area (Å²) in [5.41, 5.74) is 0.624. The highest BCUT2D eigenvalue weighted by Gasteiger charge is 2.18. The molecule has 3 heteroatoms. The van der Waals surface area contributed by atoms with E-state index in [2.05, 4.69) is 38.0 Å². The minimum Gasteiger partial charge on any atom is -0.352 e. The number of hydrogen-bond acceptors (Lipinski definition) is 2. The van der Waals surface area contributed by atoms with Crippen molar-refractivity contribution in [2.45, 2.75) is 27.7 Å². The number of pyridine rings is 1. The lowest BCUT2D eigenvalue weighted by Gasteiger charge is -2.25. The third-order valence-electron chi connectivity index (χ3n) is 3.13. The molecule has 0 aliphatic heterocycles. The van der Waals surface area contributed by atoms with Crippen molar-refractivity contribution in [1.29, 1.82) is 0 Å². The number of amides is 1. The molecular weight excluding hydrogens is 212 g/mol. The van der Waals surface area contributed by atoms with Crippen LogP contribution in [0.4, 0.5) is 0 Å². The van der Waals surface area contributed by atoms with Crippen molar-refractivity contribution in [2.75, 3.05) is 6.54 Å². The first-order valence-electron chi connectivity index (χ1n) is 6.20. The minimum absolute atomic E-state index is 0.0376. The van der Waals surface area contributed by atoms with Crippen molar-refractivity contribution in [2.24, 2.45) is 17.8 Å². The van der Waals surface area contributed by atoms with Gasteiger partial charge in [-0.2, -0.15) is 0 Å². The van der Waals surface area contributed by atoms with Gasteiger partial charge in [-0.15, -0.1) is 0 Å². The van der Waals surface area contributed by atoms with E-state index in [4.69, 9.17) is 0 Å². The van der Waals surface area contributed by atoms with Gasteiger partial charge < -0.3 is 5.32 Å². The fourth-order valence-electron chi connectivity index (χ4n) is 2.05. The SMILES string of the molecule is CC(C)C(CNC(=O)c1cccnc1)C(C)C. The predicted octanol–water partition coefficient (Wildman–Crippen LogP) is 2.74. The summed E-state index contributed by atoms with van der Waals surface area (Å²) in [6, 6.07) is 3.55. The quantitative estimate of drug-likeness (QED) is 0.851. The van der Waals surface area contributed by atoms with Crippen LogP contribution >= 0.6 is 0 Å². The first kappa shape index (κ1) is 13.7. The Morgan fingerprint density at radius 2 is 1.94 bits per heavy atom. The molecule has 17 heavy (non-hydrogen) atoms. The highest BCUT2D eigenvalue weighted by molar-refractivity contribution is 5.93. The Morgan fingerprint density at radius 1 is 1.29 bits per heavy atom. The highest BCUT2D eigenvalue weighted by atomic mass is 16.1. The topological polar surface area (TPSA) is 42.0 Å². The molecule has 0 atom stereocenters. The molecule has 0 aliphatic rings. The van der Waals surface area contributed by atoms with Gasteiger partial charge in [0.05, 0.1) is 5.56 Å². The van der Waals surface area contributed by atoms with Crippen LogP contribution in [-0.2, 0) is 0 Å². The average Bonchev–Trinajstić information content (AvgIpc) is 2.29. The average molecular weight is 234 g/mol. The van der Waals surface area contributed by atoms with E-state index in [1.165, 1.54) is 0 Å². The maximum atomic E-state index is 11.8. The molecule has 1 rings (SSSR count). The first-order chi connectivity index (χ1) is 8.02. The van der Waals surface area contributed by atoms with Crippen molar-refractivity contribution >= 4 is 5.91 Å². The molecule has 0 aromatic carbocycles. The summed E-state index contributed by atoms with van der Waals surface area (Å²) in [5.74, 6) is 1.62. The molecule has 0 radical (unpaired) electrons. The third kappa shape index (κ3) is 4.17. The molecule has 1 aromatic rings. The number of aromatic nitrogens is 1. The fraction of sp³-hybridized carbons (Fsp3) is 0.571. The molecule has 94 valence electrons. The predicted molar refractivity (Wildman–Crippen MR) is 69.7 cm³/mol. The van der Waals surface area contributed by atoms with Gasteiger partial charge >= 0.3 is 0 Å². The monoisotopic (exact) mass is 234 g/mol. The van der Waals surface area contributed by atoms with E-state index in [-0.39, 0.29) is 5.91 Å². The molecule has 0 spiro atoms. The largest absolute Gasteiger partial charge is 0.352 e. The molecule has 1 heterocycles. The standard InChI is InChI=1S/C14H22N2O/c1-10(2)13(11(3)4)9-16-14(17)12-6-5-7-15-8-12/h5-8,10-11,13H,9H2,1-4H3,(H,16,17). The van der Waals surface area contributed by atoms with Crippen molar-refractivity contribution in [3.05, 3.63) is 30.1 Å². The Balaban J connectivity index is 2.53. The number of carbonyl (C=O) groups is 1. The second-order valence-electron chi connectivity index (χ2n) is 5.10. The van der Waals surface area contributed by atoms with Crippen molar-refractivity contribution in [3.63, 3.8) is 0 Å². The molecule has 1 N–H and O–H groups in total. The van der Waals surface area contributed by atoms with Crippen LogP contribution in [0.3, 0.4) is 0 Å². The Kier molecular flexibility index (Phi) is 5.13. The zero-order valence-corrected chi connectivity index (χ0v) is 11.1. The Labute approximate surface area is 104 Å². The van der Waals surface area contributed by atoms with Gasteiger partial charge in [0.1, 0.15) is 0 Å². The van der Waals surface area contributed by atoms with E-state index >= 15 is 0 Å². The van der Waals surface area contributed by atoms with Crippen molar-refractivity contribution in [1.82, 2.24) is 10.3 Å². The summed E-state index contributed by atoms with van der Waals surface area (Å²) in [7, 11) is 0. The van der Waals surface area contributed by atoms with Gasteiger partial charge in [0.15, 0.2) is 0 Å². The highest BCUT2D eigenvalue weighted by Crippen LogP contribution is 2.19. The van der Waals surface area contributed by atoms with Crippen LogP contribution in [-0.4, -0.2) is 17.4 Å². The smallest absolute Gasteiger partial charge is 0.252 e. The van der Waals surface area contributed by atoms with E-state index < -0.39 is 0 Å². The number of rotatable bonds is 5. The van der Waals surface area contributed by atoms with E-state index in [9.17, 15) is 4.79 Å². The molecule has 1 aromatic heterocycles. The molecule has 0 unspecified atom stereocenters. The van der Waals surface area contributed by atoms with Gasteiger partial charge in [-0.05, 0) is 29.9 Å². The Hall–Kier alpha value is -1.38. The summed E-state index contributed by atoms with van der Waals surface area (Å²) >= 11 is 0. The van der Waals surface area contributed by atoms with Crippen LogP contribution in [0, 0.1) is 17.8 Å². The lowest BCUT2D eigenvalue weighted by atomic mass is 9.85. The summed E-state index contributed by atoms with van der Waals surface area (Å²) in [4.78, 5) is 15.8. The van der Waals surface area contributed by atoms with Gasteiger partial charge in [-0.25, -0.2) is 0 Å². The van der Waals surface area contributed by atoms with Crippen LogP contribution < -0.4 is 5.32 Å². The molecule has 0 aliphatic carbocycles. The molecule has 1 amide bonds. The number of nitrogens with zero attached hydrogens (tertiary/aromatic N) is 1. The lowest BCUT2D eigenvalue weighted by Crippen LogP contribution is -2.33. The number of nitrogens with one attached hydrogen (secondary N) is 1. The van der Waals surface area contributed by atoms with Crippen LogP contribution in [0.15, 0.2) is 24.5 Å². The maximum Gasteiger partial charge on any atom is 0.252 e. The Morgan fingerprint density at radius 3 is 2.41 bits per heavy atom. The zero-order valence-electron chi connectivity index (χ0n) is 11.1. The third-order valence-corrected chi connectivity index (χ3v) is 3.13. The molecule has 0 saturated heterocycles. The van der Waals surface area contributed by atoms with E-state index in [0.29, 0.717) is 23.3 Å². The summed E-state index contributed by atoms with van der Waals surface area (Å²) in [6.07, 6.45) is 3.26. The molecule has 0 fully saturated rings. The van der Waals surface area contributed by atoms with Gasteiger partial charge in [0.25, 0.3) is 5.91 Å². The molecular formula is C14H22N2O. The summed E-state index contributed by atoms with van der Waals surface area (Å²) in [5, 5.41) is 2.98. The van der Waals surface area contributed by atoms with Gasteiger partial charge in [-0.3, -0.25) is 9.78 Å². The maximum absolute atomic E-state index is 11.8. The van der Waals surface area contributed by atoms with Crippen LogP contribution in [0.5, 0.6) is 0 Å². The lowest BCUT2D eigenvalue weighted by molar-refractivity contribution is 0.0937. The fourth-order valence-corrected chi connectivity index (χ4v) is 2.05. The van der Waals surface area contributed by atoms with Gasteiger partial charge in [-0.1, -0.05) is 27.7 Å². The second kappa shape index (κ2) is 6.38. The van der Waals surface area contributed by atoms with Crippen molar-refractivity contribution < 1.29 is 4.79 Å². The van der Waals surface area contributed by atoms with E-state index in [1.807, 2.05) is 0 Å². The molecule has 0 saturated carbocycles. The molecule has 3 nitrogen and oxygen atoms in total. The van der Waals surface area contributed by atoms with Gasteiger partial charge in [0.2, 0.25) is 0 Å². The summed E-state index contributed by atoms with van der Waals surface area (Å²) in [6.45, 7) is 9.51. The summed E-state index contributed by atoms with van der Waals surface area (Å²) < 4.78 is 0. The van der Waals surface area contributed by atoms with E-state index in [0.717, 1.165) is 6.54 Å². The van der Waals surface area contributed by atoms with Gasteiger partial charge in [0, 0.05) is 18.9 Å². The number of carbonyl (C=O) groups excluding carboxylic acids is 1. The normalized spacial score (nSPS) is 11.2. The zero-order chi connectivity index (χ0) is 12.8. The minimum atomic E-state index is -0.0376. The molecule has 0 bridgehead atoms.